The minimum absolute atomic E-state index is 0.0674. The molecule has 0 fully saturated rings. The molecule has 120 valence electrons. The van der Waals surface area contributed by atoms with Crippen LogP contribution in [-0.2, 0) is 22.6 Å². The van der Waals surface area contributed by atoms with Crippen molar-refractivity contribution in [1.82, 2.24) is 4.90 Å². The number of benzene rings is 2. The first-order valence-corrected chi connectivity index (χ1v) is 7.64. The summed E-state index contributed by atoms with van der Waals surface area (Å²) in [6.07, 6.45) is 0.865. The maximum Gasteiger partial charge on any atom is 0.325 e. The molecule has 0 radical (unpaired) electrons. The molecule has 1 amide bonds. The van der Waals surface area contributed by atoms with Gasteiger partial charge in [0.15, 0.2) is 0 Å². The van der Waals surface area contributed by atoms with Crippen LogP contribution < -0.4 is 0 Å². The molecular weight excluding hydrogens is 290 g/mol. The molecule has 0 saturated carbocycles. The van der Waals surface area contributed by atoms with E-state index in [9.17, 15) is 9.59 Å². The lowest BCUT2D eigenvalue weighted by molar-refractivity contribution is -0.145. The number of likely N-dealkylation sites (N-methyl/N-ethyl adjacent to an activating group) is 1. The lowest BCUT2D eigenvalue weighted by Crippen LogP contribution is -2.33. The quantitative estimate of drug-likeness (QED) is 0.770. The van der Waals surface area contributed by atoms with Gasteiger partial charge in [0.2, 0.25) is 0 Å². The maximum atomic E-state index is 12.3. The summed E-state index contributed by atoms with van der Waals surface area (Å²) in [4.78, 5) is 25.6. The van der Waals surface area contributed by atoms with Gasteiger partial charge in [0.05, 0.1) is 0 Å². The van der Waals surface area contributed by atoms with E-state index < -0.39 is 5.97 Å². The Labute approximate surface area is 136 Å². The number of carbonyl (C=O) groups is 2. The zero-order chi connectivity index (χ0) is 16.7. The number of hydrogen-bond donors (Lipinski definition) is 0. The topological polar surface area (TPSA) is 46.6 Å². The van der Waals surface area contributed by atoms with Crippen molar-refractivity contribution in [2.24, 2.45) is 0 Å². The summed E-state index contributed by atoms with van der Waals surface area (Å²) in [5, 5.41) is 0. The van der Waals surface area contributed by atoms with Crippen LogP contribution in [0.2, 0.25) is 0 Å². The minimum Gasteiger partial charge on any atom is -0.459 e. The first-order chi connectivity index (χ1) is 11.1. The highest BCUT2D eigenvalue weighted by molar-refractivity contribution is 5.95. The van der Waals surface area contributed by atoms with E-state index in [1.807, 2.05) is 55.5 Å². The molecule has 2 rings (SSSR count). The van der Waals surface area contributed by atoms with Crippen LogP contribution in [0.15, 0.2) is 54.6 Å². The Balaban J connectivity index is 1.88. The third-order valence-electron chi connectivity index (χ3n) is 3.54. The van der Waals surface area contributed by atoms with Gasteiger partial charge in [-0.25, -0.2) is 0 Å². The average molecular weight is 311 g/mol. The molecule has 0 aromatic heterocycles. The second-order valence-electron chi connectivity index (χ2n) is 5.36. The Hall–Kier alpha value is -2.62. The predicted octanol–water partition coefficient (Wildman–Crippen LogP) is 3.06. The average Bonchev–Trinajstić information content (AvgIpc) is 2.60. The van der Waals surface area contributed by atoms with E-state index >= 15 is 0 Å². The first kappa shape index (κ1) is 16.7. The van der Waals surface area contributed by atoms with Crippen molar-refractivity contribution in [2.75, 3.05) is 13.6 Å². The zero-order valence-electron chi connectivity index (χ0n) is 13.5. The van der Waals surface area contributed by atoms with Gasteiger partial charge < -0.3 is 9.64 Å². The summed E-state index contributed by atoms with van der Waals surface area (Å²) in [5.41, 5.74) is 2.60. The number of ether oxygens (including phenoxy) is 1. The lowest BCUT2D eigenvalue weighted by atomic mass is 10.1. The summed E-state index contributed by atoms with van der Waals surface area (Å²) >= 11 is 0. The number of rotatable bonds is 6. The fourth-order valence-electron chi connectivity index (χ4n) is 2.19. The number of nitrogens with zero attached hydrogens (tertiary/aromatic N) is 1. The van der Waals surface area contributed by atoms with Crippen LogP contribution >= 0.6 is 0 Å². The summed E-state index contributed by atoms with van der Waals surface area (Å²) in [6, 6.07) is 16.9. The van der Waals surface area contributed by atoms with Gasteiger partial charge in [0, 0.05) is 12.6 Å². The van der Waals surface area contributed by atoms with E-state index in [0.717, 1.165) is 17.5 Å². The van der Waals surface area contributed by atoms with Crippen LogP contribution in [0.4, 0.5) is 0 Å². The highest BCUT2D eigenvalue weighted by atomic mass is 16.5. The molecule has 23 heavy (non-hydrogen) atoms. The molecule has 0 bridgehead atoms. The first-order valence-electron chi connectivity index (χ1n) is 7.64. The molecule has 0 aliphatic heterocycles. The van der Waals surface area contributed by atoms with Gasteiger partial charge in [-0.15, -0.1) is 0 Å². The monoisotopic (exact) mass is 311 g/mol. The molecule has 0 saturated heterocycles. The molecule has 2 aromatic rings. The van der Waals surface area contributed by atoms with Crippen molar-refractivity contribution < 1.29 is 14.3 Å². The van der Waals surface area contributed by atoms with Crippen molar-refractivity contribution >= 4 is 11.9 Å². The Kier molecular flexibility index (Phi) is 5.92. The highest BCUT2D eigenvalue weighted by Crippen LogP contribution is 2.09. The smallest absolute Gasteiger partial charge is 0.325 e. The van der Waals surface area contributed by atoms with Crippen LogP contribution in [0.3, 0.4) is 0 Å². The molecule has 0 N–H and O–H groups in total. The molecule has 0 heterocycles. The van der Waals surface area contributed by atoms with E-state index in [1.165, 1.54) is 4.90 Å². The van der Waals surface area contributed by atoms with E-state index in [4.69, 9.17) is 4.74 Å². The molecule has 0 aliphatic carbocycles. The molecular formula is C19H21NO3. The number of aryl methyl sites for hydroxylation is 1. The SMILES string of the molecule is CCc1cccc(C(=O)N(C)CC(=O)OCc2ccccc2)c1. The summed E-state index contributed by atoms with van der Waals surface area (Å²) in [5.74, 6) is -0.603. The maximum absolute atomic E-state index is 12.3. The van der Waals surface area contributed by atoms with Crippen LogP contribution in [-0.4, -0.2) is 30.4 Å². The summed E-state index contributed by atoms with van der Waals surface area (Å²) < 4.78 is 5.20. The molecule has 2 aromatic carbocycles. The van der Waals surface area contributed by atoms with Gasteiger partial charge in [-0.2, -0.15) is 0 Å². The molecule has 0 spiro atoms. The number of esters is 1. The Morgan fingerprint density at radius 1 is 1.00 bits per heavy atom. The largest absolute Gasteiger partial charge is 0.459 e. The zero-order valence-corrected chi connectivity index (χ0v) is 13.5. The highest BCUT2D eigenvalue weighted by Gasteiger charge is 2.16. The molecule has 0 aliphatic rings. The minimum atomic E-state index is -0.420. The van der Waals surface area contributed by atoms with Crippen molar-refractivity contribution in [3.8, 4) is 0 Å². The lowest BCUT2D eigenvalue weighted by Gasteiger charge is -2.16. The number of carbonyl (C=O) groups excluding carboxylic acids is 2. The van der Waals surface area contributed by atoms with Gasteiger partial charge in [0.1, 0.15) is 13.2 Å². The standard InChI is InChI=1S/C19H21NO3/c1-3-15-10-7-11-17(12-15)19(22)20(2)13-18(21)23-14-16-8-5-4-6-9-16/h4-12H,3,13-14H2,1-2H3. The van der Waals surface area contributed by atoms with Gasteiger partial charge in [-0.1, -0.05) is 49.4 Å². The van der Waals surface area contributed by atoms with E-state index in [-0.39, 0.29) is 19.1 Å². The molecule has 0 unspecified atom stereocenters. The van der Waals surface area contributed by atoms with E-state index in [1.54, 1.807) is 13.1 Å². The van der Waals surface area contributed by atoms with Crippen molar-refractivity contribution in [3.63, 3.8) is 0 Å². The van der Waals surface area contributed by atoms with Gasteiger partial charge in [0.25, 0.3) is 5.91 Å². The predicted molar refractivity (Wildman–Crippen MR) is 89.0 cm³/mol. The fraction of sp³-hybridized carbons (Fsp3) is 0.263. The third-order valence-corrected chi connectivity index (χ3v) is 3.54. The molecule has 0 atom stereocenters. The van der Waals surface area contributed by atoms with E-state index in [2.05, 4.69) is 0 Å². The number of hydrogen-bond acceptors (Lipinski definition) is 3. The van der Waals surface area contributed by atoms with Crippen LogP contribution in [0, 0.1) is 0 Å². The second-order valence-corrected chi connectivity index (χ2v) is 5.36. The summed E-state index contributed by atoms with van der Waals surface area (Å²) in [6.45, 7) is 2.18. The van der Waals surface area contributed by atoms with Gasteiger partial charge >= 0.3 is 5.97 Å². The molecule has 4 heteroatoms. The fourth-order valence-corrected chi connectivity index (χ4v) is 2.19. The number of amides is 1. The Morgan fingerprint density at radius 2 is 1.70 bits per heavy atom. The third kappa shape index (κ3) is 4.95. The Bertz CT molecular complexity index is 667. The van der Waals surface area contributed by atoms with Gasteiger partial charge in [-0.05, 0) is 29.7 Å². The van der Waals surface area contributed by atoms with Crippen molar-refractivity contribution in [3.05, 3.63) is 71.3 Å². The van der Waals surface area contributed by atoms with Crippen LogP contribution in [0.5, 0.6) is 0 Å². The molecule has 4 nitrogen and oxygen atoms in total. The van der Waals surface area contributed by atoms with E-state index in [0.29, 0.717) is 5.56 Å². The second kappa shape index (κ2) is 8.13. The van der Waals surface area contributed by atoms with Gasteiger partial charge in [-0.3, -0.25) is 9.59 Å². The van der Waals surface area contributed by atoms with Crippen LogP contribution in [0.1, 0.15) is 28.4 Å². The normalized spacial score (nSPS) is 10.2. The van der Waals surface area contributed by atoms with Crippen molar-refractivity contribution in [1.29, 1.82) is 0 Å². The Morgan fingerprint density at radius 3 is 2.39 bits per heavy atom. The summed E-state index contributed by atoms with van der Waals surface area (Å²) in [7, 11) is 1.60. The van der Waals surface area contributed by atoms with Crippen molar-refractivity contribution in [2.45, 2.75) is 20.0 Å². The van der Waals surface area contributed by atoms with Crippen LogP contribution in [0.25, 0.3) is 0 Å².